The highest BCUT2D eigenvalue weighted by Gasteiger charge is 2.20. The summed E-state index contributed by atoms with van der Waals surface area (Å²) in [5.41, 5.74) is 1.91. The minimum atomic E-state index is 0. The highest BCUT2D eigenvalue weighted by atomic mass is 35.5. The van der Waals surface area contributed by atoms with Crippen LogP contribution in [0.1, 0.15) is 6.42 Å². The first-order chi connectivity index (χ1) is 8.34. The van der Waals surface area contributed by atoms with E-state index in [1.165, 1.54) is 6.42 Å². The SMILES string of the molecule is CN(c1cnc2ccccc2n1)[C@H]1CCNC1.Cl. The first-order valence-electron chi connectivity index (χ1n) is 6.00. The van der Waals surface area contributed by atoms with E-state index < -0.39 is 0 Å². The number of likely N-dealkylation sites (N-methyl/N-ethyl adjacent to an activating group) is 1. The molecular formula is C13H17ClN4. The number of para-hydroxylation sites is 2. The topological polar surface area (TPSA) is 41.1 Å². The Morgan fingerprint density at radius 3 is 2.78 bits per heavy atom. The van der Waals surface area contributed by atoms with E-state index in [2.05, 4.69) is 27.2 Å². The van der Waals surface area contributed by atoms with E-state index in [9.17, 15) is 0 Å². The van der Waals surface area contributed by atoms with Crippen LogP contribution in [0.15, 0.2) is 30.5 Å². The molecule has 96 valence electrons. The molecule has 0 unspecified atom stereocenters. The lowest BCUT2D eigenvalue weighted by atomic mass is 10.2. The van der Waals surface area contributed by atoms with Crippen molar-refractivity contribution in [2.75, 3.05) is 25.0 Å². The van der Waals surface area contributed by atoms with Crippen molar-refractivity contribution in [2.24, 2.45) is 0 Å². The van der Waals surface area contributed by atoms with E-state index in [0.29, 0.717) is 6.04 Å². The van der Waals surface area contributed by atoms with E-state index in [4.69, 9.17) is 0 Å². The lowest BCUT2D eigenvalue weighted by Gasteiger charge is -2.24. The molecule has 1 N–H and O–H groups in total. The average Bonchev–Trinajstić information content (AvgIpc) is 2.91. The maximum Gasteiger partial charge on any atom is 0.147 e. The molecule has 18 heavy (non-hydrogen) atoms. The fourth-order valence-corrected chi connectivity index (χ4v) is 2.27. The predicted octanol–water partition coefficient (Wildman–Crippen LogP) is 1.85. The first kappa shape index (κ1) is 13.1. The molecule has 4 nitrogen and oxygen atoms in total. The van der Waals surface area contributed by atoms with Crippen LogP contribution in [0.2, 0.25) is 0 Å². The summed E-state index contributed by atoms with van der Waals surface area (Å²) in [4.78, 5) is 11.3. The van der Waals surface area contributed by atoms with Crippen molar-refractivity contribution in [3.8, 4) is 0 Å². The minimum Gasteiger partial charge on any atom is -0.354 e. The molecule has 1 atom stereocenters. The van der Waals surface area contributed by atoms with E-state index in [1.54, 1.807) is 0 Å². The van der Waals surface area contributed by atoms with Gasteiger partial charge < -0.3 is 10.2 Å². The number of halogens is 1. The summed E-state index contributed by atoms with van der Waals surface area (Å²) in [6.45, 7) is 2.13. The molecular weight excluding hydrogens is 248 g/mol. The zero-order valence-corrected chi connectivity index (χ0v) is 11.2. The quantitative estimate of drug-likeness (QED) is 0.899. The smallest absolute Gasteiger partial charge is 0.147 e. The number of nitrogens with one attached hydrogen (secondary N) is 1. The van der Waals surface area contributed by atoms with Crippen LogP contribution >= 0.6 is 12.4 Å². The number of hydrogen-bond acceptors (Lipinski definition) is 4. The van der Waals surface area contributed by atoms with Gasteiger partial charge in [0.2, 0.25) is 0 Å². The number of hydrogen-bond donors (Lipinski definition) is 1. The zero-order valence-electron chi connectivity index (χ0n) is 10.3. The second kappa shape index (κ2) is 5.50. The van der Waals surface area contributed by atoms with Crippen molar-refractivity contribution < 1.29 is 0 Å². The molecule has 1 aliphatic heterocycles. The van der Waals surface area contributed by atoms with Crippen LogP contribution in [0.3, 0.4) is 0 Å². The van der Waals surface area contributed by atoms with Crippen LogP contribution in [0.25, 0.3) is 11.0 Å². The molecule has 1 aromatic carbocycles. The van der Waals surface area contributed by atoms with Gasteiger partial charge in [-0.05, 0) is 25.1 Å². The summed E-state index contributed by atoms with van der Waals surface area (Å²) in [6, 6.07) is 8.51. The lowest BCUT2D eigenvalue weighted by molar-refractivity contribution is 0.678. The molecule has 0 radical (unpaired) electrons. The van der Waals surface area contributed by atoms with Crippen LogP contribution in [0.5, 0.6) is 0 Å². The van der Waals surface area contributed by atoms with Gasteiger partial charge in [-0.3, -0.25) is 4.98 Å². The third-order valence-electron chi connectivity index (χ3n) is 3.38. The van der Waals surface area contributed by atoms with Gasteiger partial charge in [-0.1, -0.05) is 12.1 Å². The van der Waals surface area contributed by atoms with Gasteiger partial charge in [0.15, 0.2) is 0 Å². The number of aromatic nitrogens is 2. The van der Waals surface area contributed by atoms with Crippen LogP contribution in [0.4, 0.5) is 5.82 Å². The highest BCUT2D eigenvalue weighted by molar-refractivity contribution is 5.85. The van der Waals surface area contributed by atoms with Gasteiger partial charge in [-0.15, -0.1) is 12.4 Å². The summed E-state index contributed by atoms with van der Waals surface area (Å²) in [5, 5.41) is 3.37. The van der Waals surface area contributed by atoms with Crippen LogP contribution in [-0.2, 0) is 0 Å². The molecule has 0 saturated carbocycles. The van der Waals surface area contributed by atoms with Crippen molar-refractivity contribution in [3.63, 3.8) is 0 Å². The normalized spacial score (nSPS) is 18.6. The molecule has 2 aromatic rings. The Bertz CT molecular complexity index is 525. The molecule has 1 aromatic heterocycles. The minimum absolute atomic E-state index is 0. The number of anilines is 1. The molecule has 0 spiro atoms. The molecule has 0 amide bonds. The summed E-state index contributed by atoms with van der Waals surface area (Å²) < 4.78 is 0. The monoisotopic (exact) mass is 264 g/mol. The summed E-state index contributed by atoms with van der Waals surface area (Å²) in [6.07, 6.45) is 3.03. The maximum atomic E-state index is 4.66. The largest absolute Gasteiger partial charge is 0.354 e. The Morgan fingerprint density at radius 1 is 1.28 bits per heavy atom. The van der Waals surface area contributed by atoms with Crippen molar-refractivity contribution >= 4 is 29.3 Å². The van der Waals surface area contributed by atoms with Gasteiger partial charge in [-0.25, -0.2) is 4.98 Å². The van der Waals surface area contributed by atoms with Crippen LogP contribution < -0.4 is 10.2 Å². The standard InChI is InChI=1S/C13H16N4.ClH/c1-17(10-6-7-14-8-10)13-9-15-11-4-2-3-5-12(11)16-13;/h2-5,9-10,14H,6-8H2,1H3;1H/t10-;/m0./s1. The van der Waals surface area contributed by atoms with Crippen molar-refractivity contribution in [1.82, 2.24) is 15.3 Å². The molecule has 0 aliphatic carbocycles. The van der Waals surface area contributed by atoms with Gasteiger partial charge in [0.25, 0.3) is 0 Å². The highest BCUT2D eigenvalue weighted by Crippen LogP contribution is 2.18. The van der Waals surface area contributed by atoms with E-state index in [1.807, 2.05) is 30.5 Å². The average molecular weight is 265 g/mol. The molecule has 2 heterocycles. The number of rotatable bonds is 2. The third kappa shape index (κ3) is 2.40. The van der Waals surface area contributed by atoms with Crippen molar-refractivity contribution in [3.05, 3.63) is 30.5 Å². The van der Waals surface area contributed by atoms with Crippen molar-refractivity contribution in [2.45, 2.75) is 12.5 Å². The first-order valence-corrected chi connectivity index (χ1v) is 6.00. The number of nitrogens with zero attached hydrogens (tertiary/aromatic N) is 3. The molecule has 0 bridgehead atoms. The van der Waals surface area contributed by atoms with E-state index in [-0.39, 0.29) is 12.4 Å². The third-order valence-corrected chi connectivity index (χ3v) is 3.38. The molecule has 5 heteroatoms. The number of fused-ring (bicyclic) bond motifs is 1. The van der Waals surface area contributed by atoms with E-state index >= 15 is 0 Å². The van der Waals surface area contributed by atoms with Gasteiger partial charge in [0.1, 0.15) is 5.82 Å². The molecule has 1 fully saturated rings. The second-order valence-corrected chi connectivity index (χ2v) is 4.47. The van der Waals surface area contributed by atoms with Gasteiger partial charge >= 0.3 is 0 Å². The molecule has 1 aliphatic rings. The Morgan fingerprint density at radius 2 is 2.06 bits per heavy atom. The lowest BCUT2D eigenvalue weighted by Crippen LogP contribution is -2.33. The van der Waals surface area contributed by atoms with Crippen LogP contribution in [-0.4, -0.2) is 36.1 Å². The van der Waals surface area contributed by atoms with Gasteiger partial charge in [0, 0.05) is 19.6 Å². The summed E-state index contributed by atoms with van der Waals surface area (Å²) in [7, 11) is 2.09. The fourth-order valence-electron chi connectivity index (χ4n) is 2.27. The van der Waals surface area contributed by atoms with E-state index in [0.717, 1.165) is 29.9 Å². The van der Waals surface area contributed by atoms with Gasteiger partial charge in [0.05, 0.1) is 17.2 Å². The second-order valence-electron chi connectivity index (χ2n) is 4.47. The fraction of sp³-hybridized carbons (Fsp3) is 0.385. The summed E-state index contributed by atoms with van der Waals surface area (Å²) in [5.74, 6) is 0.956. The van der Waals surface area contributed by atoms with Gasteiger partial charge in [-0.2, -0.15) is 0 Å². The molecule has 3 rings (SSSR count). The predicted molar refractivity (Wildman–Crippen MR) is 76.5 cm³/mol. The Balaban J connectivity index is 0.00000120. The summed E-state index contributed by atoms with van der Waals surface area (Å²) >= 11 is 0. The molecule has 1 saturated heterocycles. The Hall–Kier alpha value is -1.39. The zero-order chi connectivity index (χ0) is 11.7. The van der Waals surface area contributed by atoms with Crippen LogP contribution in [0, 0.1) is 0 Å². The maximum absolute atomic E-state index is 4.66. The Kier molecular flexibility index (Phi) is 3.99. The Labute approximate surface area is 113 Å². The van der Waals surface area contributed by atoms with Crippen molar-refractivity contribution in [1.29, 1.82) is 0 Å². The number of benzene rings is 1.